The van der Waals surface area contributed by atoms with E-state index < -0.39 is 0 Å². The topological polar surface area (TPSA) is 41.8 Å². The number of rotatable bonds is 3. The molecule has 1 N–H and O–H groups in total. The smallest absolute Gasteiger partial charge is 0.179 e. The van der Waals surface area contributed by atoms with E-state index in [9.17, 15) is 0 Å². The van der Waals surface area contributed by atoms with Crippen molar-refractivity contribution in [2.24, 2.45) is 13.0 Å². The average Bonchev–Trinajstić information content (AvgIpc) is 3.00. The normalized spacial score (nSPS) is 20.7. The van der Waals surface area contributed by atoms with Gasteiger partial charge in [-0.25, -0.2) is 0 Å². The summed E-state index contributed by atoms with van der Waals surface area (Å²) >= 11 is 5.49. The van der Waals surface area contributed by atoms with Crippen molar-refractivity contribution in [3.05, 3.63) is 10.5 Å². The van der Waals surface area contributed by atoms with Crippen LogP contribution in [-0.2, 0) is 20.0 Å². The van der Waals surface area contributed by atoms with Crippen molar-refractivity contribution in [3.63, 3.8) is 0 Å². The quantitative estimate of drug-likeness (QED) is 0.873. The zero-order chi connectivity index (χ0) is 13.6. The molecule has 2 aromatic rings. The number of imidazole rings is 1. The van der Waals surface area contributed by atoms with Gasteiger partial charge in [0.15, 0.2) is 10.4 Å². The third-order valence-electron chi connectivity index (χ3n) is 4.09. The van der Waals surface area contributed by atoms with E-state index in [4.69, 9.17) is 12.2 Å². The van der Waals surface area contributed by atoms with Crippen LogP contribution in [0.2, 0.25) is 0 Å². The lowest BCUT2D eigenvalue weighted by atomic mass is 10.1. The molecule has 5 nitrogen and oxygen atoms in total. The highest BCUT2D eigenvalue weighted by molar-refractivity contribution is 7.71. The minimum atomic E-state index is 0.690. The fourth-order valence-electron chi connectivity index (χ4n) is 3.13. The van der Waals surface area contributed by atoms with Crippen molar-refractivity contribution in [3.8, 4) is 0 Å². The van der Waals surface area contributed by atoms with Crippen molar-refractivity contribution < 1.29 is 0 Å². The SMILES string of the molecule is CCc1nn(C)c2c1[nH]c(=S)n2CC1CCN(C)C1. The average molecular weight is 279 g/mol. The summed E-state index contributed by atoms with van der Waals surface area (Å²) in [5, 5.41) is 4.57. The molecular formula is C13H21N5S. The Morgan fingerprint density at radius 3 is 2.84 bits per heavy atom. The fourth-order valence-corrected chi connectivity index (χ4v) is 3.39. The molecular weight excluding hydrogens is 258 g/mol. The van der Waals surface area contributed by atoms with Gasteiger partial charge in [-0.2, -0.15) is 5.10 Å². The number of aromatic amines is 1. The number of aromatic nitrogens is 4. The molecule has 0 radical (unpaired) electrons. The van der Waals surface area contributed by atoms with E-state index in [1.165, 1.54) is 13.0 Å². The largest absolute Gasteiger partial charge is 0.328 e. The van der Waals surface area contributed by atoms with Crippen LogP contribution in [-0.4, -0.2) is 44.4 Å². The van der Waals surface area contributed by atoms with Crippen molar-refractivity contribution in [1.82, 2.24) is 24.2 Å². The lowest BCUT2D eigenvalue weighted by Crippen LogP contribution is -2.17. The molecule has 1 fully saturated rings. The van der Waals surface area contributed by atoms with Crippen molar-refractivity contribution in [2.45, 2.75) is 26.3 Å². The molecule has 0 aliphatic carbocycles. The standard InChI is InChI=1S/C13H21N5S/c1-4-10-11-12(17(3)15-10)18(13(19)14-11)8-9-5-6-16(2)7-9/h9H,4-8H2,1-3H3,(H,14,19). The molecule has 0 aromatic carbocycles. The number of likely N-dealkylation sites (tertiary alicyclic amines) is 1. The van der Waals surface area contributed by atoms with E-state index in [1.807, 2.05) is 11.7 Å². The summed E-state index contributed by atoms with van der Waals surface area (Å²) in [7, 11) is 4.19. The second-order valence-electron chi connectivity index (χ2n) is 5.58. The molecule has 1 saturated heterocycles. The molecule has 1 atom stereocenters. The number of nitrogens with one attached hydrogen (secondary N) is 1. The first-order chi connectivity index (χ1) is 9.10. The van der Waals surface area contributed by atoms with E-state index in [0.717, 1.165) is 41.1 Å². The zero-order valence-corrected chi connectivity index (χ0v) is 12.6. The zero-order valence-electron chi connectivity index (χ0n) is 11.8. The van der Waals surface area contributed by atoms with Gasteiger partial charge in [0, 0.05) is 20.1 Å². The Labute approximate surface area is 118 Å². The molecule has 2 aromatic heterocycles. The van der Waals surface area contributed by atoms with E-state index in [1.54, 1.807) is 0 Å². The van der Waals surface area contributed by atoms with Crippen LogP contribution in [0.1, 0.15) is 19.0 Å². The van der Waals surface area contributed by atoms with Crippen molar-refractivity contribution in [1.29, 1.82) is 0 Å². The fraction of sp³-hybridized carbons (Fsp3) is 0.692. The van der Waals surface area contributed by atoms with Gasteiger partial charge in [-0.05, 0) is 44.6 Å². The van der Waals surface area contributed by atoms with Gasteiger partial charge in [0.25, 0.3) is 0 Å². The van der Waals surface area contributed by atoms with Crippen molar-refractivity contribution in [2.75, 3.05) is 20.1 Å². The van der Waals surface area contributed by atoms with Crippen LogP contribution in [0.4, 0.5) is 0 Å². The van der Waals surface area contributed by atoms with Crippen molar-refractivity contribution >= 4 is 23.4 Å². The Bertz CT molecular complexity index is 650. The molecule has 3 heterocycles. The molecule has 1 unspecified atom stereocenters. The van der Waals surface area contributed by atoms with E-state index in [2.05, 4.69) is 33.5 Å². The van der Waals surface area contributed by atoms with Gasteiger partial charge in [-0.15, -0.1) is 0 Å². The summed E-state index contributed by atoms with van der Waals surface area (Å²) in [5.74, 6) is 0.690. The molecule has 0 amide bonds. The molecule has 0 saturated carbocycles. The Morgan fingerprint density at radius 1 is 1.42 bits per heavy atom. The predicted molar refractivity (Wildman–Crippen MR) is 78.9 cm³/mol. The molecule has 0 spiro atoms. The lowest BCUT2D eigenvalue weighted by molar-refractivity contribution is 0.378. The van der Waals surface area contributed by atoms with Gasteiger partial charge in [0.2, 0.25) is 0 Å². The van der Waals surface area contributed by atoms with Gasteiger partial charge in [-0.1, -0.05) is 6.92 Å². The van der Waals surface area contributed by atoms with Crippen LogP contribution in [0.15, 0.2) is 0 Å². The van der Waals surface area contributed by atoms with Gasteiger partial charge in [0.1, 0.15) is 5.52 Å². The second-order valence-corrected chi connectivity index (χ2v) is 5.97. The summed E-state index contributed by atoms with van der Waals surface area (Å²) < 4.78 is 5.01. The van der Waals surface area contributed by atoms with E-state index >= 15 is 0 Å². The van der Waals surface area contributed by atoms with Crippen LogP contribution in [0.3, 0.4) is 0 Å². The number of H-pyrrole nitrogens is 1. The first-order valence-corrected chi connectivity index (χ1v) is 7.34. The Hall–Kier alpha value is -1.14. The molecule has 104 valence electrons. The van der Waals surface area contributed by atoms with Gasteiger partial charge < -0.3 is 14.5 Å². The molecule has 19 heavy (non-hydrogen) atoms. The maximum absolute atomic E-state index is 5.49. The number of hydrogen-bond acceptors (Lipinski definition) is 3. The summed E-state index contributed by atoms with van der Waals surface area (Å²) in [4.78, 5) is 5.72. The molecule has 1 aliphatic rings. The number of aryl methyl sites for hydroxylation is 2. The van der Waals surface area contributed by atoms with Gasteiger partial charge >= 0.3 is 0 Å². The highest BCUT2D eigenvalue weighted by Gasteiger charge is 2.22. The predicted octanol–water partition coefficient (Wildman–Crippen LogP) is 1.95. The van der Waals surface area contributed by atoms with Gasteiger partial charge in [-0.3, -0.25) is 4.68 Å². The molecule has 0 bridgehead atoms. The van der Waals surface area contributed by atoms with Crippen LogP contribution in [0.5, 0.6) is 0 Å². The first kappa shape index (κ1) is 12.9. The minimum Gasteiger partial charge on any atom is -0.328 e. The number of nitrogens with zero attached hydrogens (tertiary/aromatic N) is 4. The maximum atomic E-state index is 5.49. The number of fused-ring (bicyclic) bond motifs is 1. The highest BCUT2D eigenvalue weighted by Crippen LogP contribution is 2.22. The first-order valence-electron chi connectivity index (χ1n) is 6.93. The lowest BCUT2D eigenvalue weighted by Gasteiger charge is -2.12. The van der Waals surface area contributed by atoms with Crippen LogP contribution < -0.4 is 0 Å². The summed E-state index contributed by atoms with van der Waals surface area (Å²) in [6, 6.07) is 0. The number of hydrogen-bond donors (Lipinski definition) is 1. The van der Waals surface area contributed by atoms with E-state index in [0.29, 0.717) is 5.92 Å². The monoisotopic (exact) mass is 279 g/mol. The molecule has 3 rings (SSSR count). The summed E-state index contributed by atoms with van der Waals surface area (Å²) in [6.07, 6.45) is 2.18. The molecule has 6 heteroatoms. The molecule has 1 aliphatic heterocycles. The Morgan fingerprint density at radius 2 is 2.21 bits per heavy atom. The van der Waals surface area contributed by atoms with Crippen LogP contribution in [0, 0.1) is 10.7 Å². The highest BCUT2D eigenvalue weighted by atomic mass is 32.1. The summed E-state index contributed by atoms with van der Waals surface area (Å²) in [6.45, 7) is 5.47. The second kappa shape index (κ2) is 4.76. The maximum Gasteiger partial charge on any atom is 0.179 e. The Kier molecular flexibility index (Phi) is 3.22. The minimum absolute atomic E-state index is 0.690. The third-order valence-corrected chi connectivity index (χ3v) is 4.41. The van der Waals surface area contributed by atoms with Crippen LogP contribution >= 0.6 is 12.2 Å². The summed E-state index contributed by atoms with van der Waals surface area (Å²) in [5.41, 5.74) is 3.35. The van der Waals surface area contributed by atoms with E-state index in [-0.39, 0.29) is 0 Å². The van der Waals surface area contributed by atoms with Crippen LogP contribution in [0.25, 0.3) is 11.2 Å². The van der Waals surface area contributed by atoms with Gasteiger partial charge in [0.05, 0.1) is 5.69 Å². The Balaban J connectivity index is 2.01. The third kappa shape index (κ3) is 2.12.